The summed E-state index contributed by atoms with van der Waals surface area (Å²) in [6, 6.07) is 5.61. The van der Waals surface area contributed by atoms with Gasteiger partial charge in [-0.2, -0.15) is 0 Å². The lowest BCUT2D eigenvalue weighted by Crippen LogP contribution is -1.95. The lowest BCUT2D eigenvalue weighted by Gasteiger charge is -2.05. The van der Waals surface area contributed by atoms with Gasteiger partial charge in [0.25, 0.3) is 0 Å². The molecule has 0 saturated carbocycles. The summed E-state index contributed by atoms with van der Waals surface area (Å²) in [7, 11) is 0. The summed E-state index contributed by atoms with van der Waals surface area (Å²) in [4.78, 5) is 1.09. The third kappa shape index (κ3) is 4.78. The van der Waals surface area contributed by atoms with Gasteiger partial charge in [0.15, 0.2) is 0 Å². The van der Waals surface area contributed by atoms with Crippen molar-refractivity contribution in [2.75, 3.05) is 24.7 Å². The van der Waals surface area contributed by atoms with Crippen LogP contribution in [0.15, 0.2) is 23.1 Å². The number of benzene rings is 1. The summed E-state index contributed by atoms with van der Waals surface area (Å²) in [5.74, 6) is 1.02. The normalized spacial score (nSPS) is 10.5. The average Bonchev–Trinajstić information content (AvgIpc) is 2.20. The molecule has 0 fully saturated rings. The van der Waals surface area contributed by atoms with Crippen molar-refractivity contribution >= 4 is 29.1 Å². The van der Waals surface area contributed by atoms with E-state index in [1.807, 2.05) is 19.1 Å². The second kappa shape index (κ2) is 6.99. The molecular weight excluding hydrogens is 230 g/mol. The van der Waals surface area contributed by atoms with E-state index in [4.69, 9.17) is 22.1 Å². The number of thioether (sulfide) groups is 1. The summed E-state index contributed by atoms with van der Waals surface area (Å²) in [6.45, 7) is 3.61. The Bertz CT molecular complexity index is 307. The molecule has 0 amide bonds. The van der Waals surface area contributed by atoms with Gasteiger partial charge in [0.1, 0.15) is 0 Å². The smallest absolute Gasteiger partial charge is 0.0473 e. The molecule has 15 heavy (non-hydrogen) atoms. The van der Waals surface area contributed by atoms with Crippen LogP contribution in [0.1, 0.15) is 13.3 Å². The Hall–Kier alpha value is -0.380. The first-order valence-corrected chi connectivity index (χ1v) is 6.36. The molecule has 2 nitrogen and oxygen atoms in total. The highest BCUT2D eigenvalue weighted by molar-refractivity contribution is 7.99. The fourth-order valence-corrected chi connectivity index (χ4v) is 2.19. The minimum absolute atomic E-state index is 0.686. The number of rotatable bonds is 6. The van der Waals surface area contributed by atoms with Crippen LogP contribution in [0.2, 0.25) is 5.02 Å². The number of nitrogens with two attached hydrogens (primary N) is 1. The lowest BCUT2D eigenvalue weighted by atomic mass is 10.3. The van der Waals surface area contributed by atoms with Gasteiger partial charge in [0, 0.05) is 34.6 Å². The number of ether oxygens (including phenoxy) is 1. The molecule has 1 rings (SSSR count). The largest absolute Gasteiger partial charge is 0.398 e. The summed E-state index contributed by atoms with van der Waals surface area (Å²) in [5, 5.41) is 0.686. The van der Waals surface area contributed by atoms with Crippen molar-refractivity contribution < 1.29 is 4.74 Å². The number of nitrogen functional groups attached to an aromatic ring is 1. The molecular formula is C11H16ClNOS. The van der Waals surface area contributed by atoms with Crippen molar-refractivity contribution in [3.8, 4) is 0 Å². The van der Waals surface area contributed by atoms with E-state index in [0.717, 1.165) is 36.0 Å². The average molecular weight is 246 g/mol. The maximum atomic E-state index is 5.83. The fraction of sp³-hybridized carbons (Fsp3) is 0.455. The van der Waals surface area contributed by atoms with Crippen LogP contribution in [-0.4, -0.2) is 19.0 Å². The molecule has 0 spiro atoms. The first kappa shape index (κ1) is 12.7. The van der Waals surface area contributed by atoms with Gasteiger partial charge in [-0.25, -0.2) is 0 Å². The SMILES string of the molecule is CCOCCCSc1ccc(Cl)cc1N. The van der Waals surface area contributed by atoms with E-state index in [1.165, 1.54) is 0 Å². The Morgan fingerprint density at radius 3 is 2.93 bits per heavy atom. The topological polar surface area (TPSA) is 35.2 Å². The Morgan fingerprint density at radius 2 is 2.27 bits per heavy atom. The summed E-state index contributed by atoms with van der Waals surface area (Å²) in [6.07, 6.45) is 1.04. The van der Waals surface area contributed by atoms with Gasteiger partial charge in [-0.05, 0) is 31.5 Å². The van der Waals surface area contributed by atoms with Gasteiger partial charge in [-0.3, -0.25) is 0 Å². The van der Waals surface area contributed by atoms with Crippen LogP contribution in [0.3, 0.4) is 0 Å². The molecule has 0 radical (unpaired) electrons. The van der Waals surface area contributed by atoms with Crippen LogP contribution in [0.25, 0.3) is 0 Å². The molecule has 0 heterocycles. The summed E-state index contributed by atoms with van der Waals surface area (Å²) in [5.41, 5.74) is 6.58. The molecule has 1 aromatic carbocycles. The van der Waals surface area contributed by atoms with E-state index in [1.54, 1.807) is 17.8 Å². The molecule has 0 aromatic heterocycles. The van der Waals surface area contributed by atoms with Crippen molar-refractivity contribution in [3.05, 3.63) is 23.2 Å². The molecule has 0 saturated heterocycles. The predicted octanol–water partition coefficient (Wildman–Crippen LogP) is 3.44. The Labute approximate surface area is 100 Å². The van der Waals surface area contributed by atoms with Crippen LogP contribution in [0, 0.1) is 0 Å². The van der Waals surface area contributed by atoms with Crippen LogP contribution in [0.5, 0.6) is 0 Å². The zero-order chi connectivity index (χ0) is 11.1. The van der Waals surface area contributed by atoms with Gasteiger partial charge in [0.2, 0.25) is 0 Å². The monoisotopic (exact) mass is 245 g/mol. The fourth-order valence-electron chi connectivity index (χ4n) is 1.14. The molecule has 0 bridgehead atoms. The van der Waals surface area contributed by atoms with Crippen LogP contribution < -0.4 is 5.73 Å². The quantitative estimate of drug-likeness (QED) is 0.474. The molecule has 1 aromatic rings. The third-order valence-corrected chi connectivity index (χ3v) is 3.28. The molecule has 0 unspecified atom stereocenters. The van der Waals surface area contributed by atoms with Crippen molar-refractivity contribution in [1.29, 1.82) is 0 Å². The van der Waals surface area contributed by atoms with Crippen LogP contribution in [0.4, 0.5) is 5.69 Å². The first-order chi connectivity index (χ1) is 7.24. The second-order valence-corrected chi connectivity index (χ2v) is 4.65. The highest BCUT2D eigenvalue weighted by atomic mass is 35.5. The zero-order valence-corrected chi connectivity index (χ0v) is 10.4. The van der Waals surface area contributed by atoms with Gasteiger partial charge in [0.05, 0.1) is 0 Å². The number of halogens is 1. The second-order valence-electron chi connectivity index (χ2n) is 3.08. The van der Waals surface area contributed by atoms with Crippen molar-refractivity contribution in [1.82, 2.24) is 0 Å². The highest BCUT2D eigenvalue weighted by Crippen LogP contribution is 2.27. The van der Waals surface area contributed by atoms with E-state index in [-0.39, 0.29) is 0 Å². The maximum absolute atomic E-state index is 5.83. The number of hydrogen-bond donors (Lipinski definition) is 1. The minimum Gasteiger partial charge on any atom is -0.398 e. The first-order valence-electron chi connectivity index (χ1n) is 4.99. The van der Waals surface area contributed by atoms with Crippen molar-refractivity contribution in [3.63, 3.8) is 0 Å². The molecule has 4 heteroatoms. The Kier molecular flexibility index (Phi) is 5.91. The van der Waals surface area contributed by atoms with E-state index >= 15 is 0 Å². The number of anilines is 1. The molecule has 0 atom stereocenters. The summed E-state index contributed by atoms with van der Waals surface area (Å²) < 4.78 is 5.26. The van der Waals surface area contributed by atoms with Crippen molar-refractivity contribution in [2.45, 2.75) is 18.2 Å². The van der Waals surface area contributed by atoms with Gasteiger partial charge in [-0.1, -0.05) is 11.6 Å². The van der Waals surface area contributed by atoms with Gasteiger partial charge in [-0.15, -0.1) is 11.8 Å². The molecule has 0 aliphatic carbocycles. The maximum Gasteiger partial charge on any atom is 0.0473 e. The third-order valence-electron chi connectivity index (χ3n) is 1.87. The minimum atomic E-state index is 0.686. The van der Waals surface area contributed by atoms with Gasteiger partial charge >= 0.3 is 0 Å². The van der Waals surface area contributed by atoms with E-state index in [0.29, 0.717) is 5.02 Å². The van der Waals surface area contributed by atoms with Gasteiger partial charge < -0.3 is 10.5 Å². The van der Waals surface area contributed by atoms with Crippen LogP contribution >= 0.6 is 23.4 Å². The predicted molar refractivity (Wildman–Crippen MR) is 67.7 cm³/mol. The van der Waals surface area contributed by atoms with E-state index in [2.05, 4.69) is 0 Å². The molecule has 0 aliphatic rings. The highest BCUT2D eigenvalue weighted by Gasteiger charge is 2.00. The molecule has 2 N–H and O–H groups in total. The molecule has 0 aliphatic heterocycles. The lowest BCUT2D eigenvalue weighted by molar-refractivity contribution is 0.149. The molecule has 84 valence electrons. The Morgan fingerprint density at radius 1 is 1.47 bits per heavy atom. The Balaban J connectivity index is 2.31. The van der Waals surface area contributed by atoms with Crippen molar-refractivity contribution in [2.24, 2.45) is 0 Å². The number of hydrogen-bond acceptors (Lipinski definition) is 3. The zero-order valence-electron chi connectivity index (χ0n) is 8.83. The summed E-state index contributed by atoms with van der Waals surface area (Å²) >= 11 is 7.55. The van der Waals surface area contributed by atoms with Crippen LogP contribution in [-0.2, 0) is 4.74 Å². The standard InChI is InChI=1S/C11H16ClNOS/c1-2-14-6-3-7-15-11-5-4-9(12)8-10(11)13/h4-5,8H,2-3,6-7,13H2,1H3. The van der Waals surface area contributed by atoms with E-state index < -0.39 is 0 Å². The van der Waals surface area contributed by atoms with E-state index in [9.17, 15) is 0 Å².